The van der Waals surface area contributed by atoms with Crippen molar-refractivity contribution in [3.63, 3.8) is 0 Å². The SMILES string of the molecule is CCCCC(=O)Nc1ccc(Nc2ccc3c(c2)OCO3)nc1. The Hall–Kier alpha value is -2.76. The molecule has 1 aromatic carbocycles. The molecule has 0 radical (unpaired) electrons. The number of carbonyl (C=O) groups excluding carboxylic acids is 1. The number of anilines is 3. The first-order valence-corrected chi connectivity index (χ1v) is 7.67. The van der Waals surface area contributed by atoms with Crippen LogP contribution in [-0.4, -0.2) is 17.7 Å². The summed E-state index contributed by atoms with van der Waals surface area (Å²) in [5.41, 5.74) is 1.56. The highest BCUT2D eigenvalue weighted by Gasteiger charge is 2.13. The second-order valence-corrected chi connectivity index (χ2v) is 5.28. The highest BCUT2D eigenvalue weighted by Crippen LogP contribution is 2.34. The van der Waals surface area contributed by atoms with E-state index in [1.54, 1.807) is 6.20 Å². The summed E-state index contributed by atoms with van der Waals surface area (Å²) in [5.74, 6) is 2.17. The van der Waals surface area contributed by atoms with Gasteiger partial charge in [-0.25, -0.2) is 4.98 Å². The number of hydrogen-bond acceptors (Lipinski definition) is 5. The van der Waals surface area contributed by atoms with Crippen molar-refractivity contribution in [3.05, 3.63) is 36.5 Å². The lowest BCUT2D eigenvalue weighted by atomic mass is 10.2. The molecular formula is C17H19N3O3. The van der Waals surface area contributed by atoms with Gasteiger partial charge in [0.15, 0.2) is 11.5 Å². The summed E-state index contributed by atoms with van der Waals surface area (Å²) >= 11 is 0. The molecule has 2 N–H and O–H groups in total. The average Bonchev–Trinajstić information content (AvgIpc) is 3.02. The number of nitrogens with one attached hydrogen (secondary N) is 2. The van der Waals surface area contributed by atoms with E-state index in [9.17, 15) is 4.79 Å². The van der Waals surface area contributed by atoms with Gasteiger partial charge in [-0.05, 0) is 30.7 Å². The molecule has 0 saturated carbocycles. The number of carbonyl (C=O) groups is 1. The third-order valence-electron chi connectivity index (χ3n) is 3.45. The number of aromatic nitrogens is 1. The lowest BCUT2D eigenvalue weighted by molar-refractivity contribution is -0.116. The van der Waals surface area contributed by atoms with Gasteiger partial charge in [0.2, 0.25) is 12.7 Å². The van der Waals surface area contributed by atoms with E-state index in [-0.39, 0.29) is 12.7 Å². The molecule has 0 spiro atoms. The molecule has 1 aromatic heterocycles. The zero-order valence-electron chi connectivity index (χ0n) is 13.0. The summed E-state index contributed by atoms with van der Waals surface area (Å²) in [5, 5.41) is 6.03. The zero-order chi connectivity index (χ0) is 16.1. The van der Waals surface area contributed by atoms with Crippen molar-refractivity contribution in [2.75, 3.05) is 17.4 Å². The molecule has 0 bridgehead atoms. The highest BCUT2D eigenvalue weighted by atomic mass is 16.7. The second kappa shape index (κ2) is 7.00. The summed E-state index contributed by atoms with van der Waals surface area (Å²) in [6.45, 7) is 2.31. The topological polar surface area (TPSA) is 72.5 Å². The van der Waals surface area contributed by atoms with Crippen LogP contribution in [0.2, 0.25) is 0 Å². The summed E-state index contributed by atoms with van der Waals surface area (Å²) in [7, 11) is 0. The zero-order valence-corrected chi connectivity index (χ0v) is 13.0. The molecule has 2 heterocycles. The fourth-order valence-corrected chi connectivity index (χ4v) is 2.22. The minimum atomic E-state index is 0.0186. The fourth-order valence-electron chi connectivity index (χ4n) is 2.22. The molecule has 1 aliphatic heterocycles. The van der Waals surface area contributed by atoms with Gasteiger partial charge in [0, 0.05) is 18.2 Å². The molecule has 0 aliphatic carbocycles. The maximum Gasteiger partial charge on any atom is 0.231 e. The van der Waals surface area contributed by atoms with Crippen LogP contribution < -0.4 is 20.1 Å². The lowest BCUT2D eigenvalue weighted by Gasteiger charge is -2.08. The molecule has 0 atom stereocenters. The van der Waals surface area contributed by atoms with Gasteiger partial charge in [-0.2, -0.15) is 0 Å². The van der Waals surface area contributed by atoms with Crippen LogP contribution in [0.3, 0.4) is 0 Å². The minimum absolute atomic E-state index is 0.0186. The van der Waals surface area contributed by atoms with Crippen LogP contribution >= 0.6 is 0 Å². The number of ether oxygens (including phenoxy) is 2. The molecule has 0 fully saturated rings. The molecule has 3 rings (SSSR count). The first-order chi connectivity index (χ1) is 11.2. The maximum atomic E-state index is 11.7. The van der Waals surface area contributed by atoms with Crippen LogP contribution in [0.1, 0.15) is 26.2 Å². The second-order valence-electron chi connectivity index (χ2n) is 5.28. The monoisotopic (exact) mass is 313 g/mol. The quantitative estimate of drug-likeness (QED) is 0.851. The van der Waals surface area contributed by atoms with Gasteiger partial charge in [-0.1, -0.05) is 13.3 Å². The van der Waals surface area contributed by atoms with Crippen molar-refractivity contribution >= 4 is 23.1 Å². The highest BCUT2D eigenvalue weighted by molar-refractivity contribution is 5.90. The van der Waals surface area contributed by atoms with Gasteiger partial charge in [-0.3, -0.25) is 4.79 Å². The number of rotatable bonds is 6. The van der Waals surface area contributed by atoms with E-state index in [2.05, 4.69) is 22.5 Å². The number of nitrogens with zero attached hydrogens (tertiary/aromatic N) is 1. The van der Waals surface area contributed by atoms with Crippen LogP contribution in [0.25, 0.3) is 0 Å². The van der Waals surface area contributed by atoms with Crippen molar-refractivity contribution in [1.82, 2.24) is 4.98 Å². The predicted molar refractivity (Wildman–Crippen MR) is 88.2 cm³/mol. The predicted octanol–water partition coefficient (Wildman–Crippen LogP) is 3.68. The van der Waals surface area contributed by atoms with Crippen molar-refractivity contribution < 1.29 is 14.3 Å². The molecule has 6 nitrogen and oxygen atoms in total. The Labute approximate surface area is 134 Å². The smallest absolute Gasteiger partial charge is 0.231 e. The van der Waals surface area contributed by atoms with E-state index in [0.717, 1.165) is 30.0 Å². The first kappa shape index (κ1) is 15.1. The Morgan fingerprint density at radius 3 is 2.78 bits per heavy atom. The van der Waals surface area contributed by atoms with Crippen LogP contribution in [-0.2, 0) is 4.79 Å². The van der Waals surface area contributed by atoms with Crippen molar-refractivity contribution in [3.8, 4) is 11.5 Å². The summed E-state index contributed by atoms with van der Waals surface area (Å²) in [4.78, 5) is 16.0. The number of pyridine rings is 1. The van der Waals surface area contributed by atoms with Crippen LogP contribution in [0.15, 0.2) is 36.5 Å². The Bertz CT molecular complexity index is 686. The number of amides is 1. The van der Waals surface area contributed by atoms with E-state index in [1.165, 1.54) is 0 Å². The summed E-state index contributed by atoms with van der Waals surface area (Å²) in [6, 6.07) is 9.26. The van der Waals surface area contributed by atoms with Crippen molar-refractivity contribution in [2.45, 2.75) is 26.2 Å². The average molecular weight is 313 g/mol. The fraction of sp³-hybridized carbons (Fsp3) is 0.294. The first-order valence-electron chi connectivity index (χ1n) is 7.67. The van der Waals surface area contributed by atoms with E-state index in [4.69, 9.17) is 9.47 Å². The maximum absolute atomic E-state index is 11.7. The molecule has 1 amide bonds. The number of benzene rings is 1. The Balaban J connectivity index is 1.60. The number of unbranched alkanes of at least 4 members (excludes halogenated alkanes) is 1. The van der Waals surface area contributed by atoms with Gasteiger partial charge in [-0.15, -0.1) is 0 Å². The van der Waals surface area contributed by atoms with E-state index >= 15 is 0 Å². The number of fused-ring (bicyclic) bond motifs is 1. The molecule has 2 aromatic rings. The Morgan fingerprint density at radius 1 is 1.17 bits per heavy atom. The van der Waals surface area contributed by atoms with Crippen LogP contribution in [0.4, 0.5) is 17.2 Å². The van der Waals surface area contributed by atoms with Gasteiger partial charge < -0.3 is 20.1 Å². The van der Waals surface area contributed by atoms with Gasteiger partial charge in [0.1, 0.15) is 5.82 Å². The van der Waals surface area contributed by atoms with E-state index in [1.807, 2.05) is 30.3 Å². The molecule has 0 unspecified atom stereocenters. The van der Waals surface area contributed by atoms with E-state index < -0.39 is 0 Å². The van der Waals surface area contributed by atoms with Crippen molar-refractivity contribution in [2.24, 2.45) is 0 Å². The third-order valence-corrected chi connectivity index (χ3v) is 3.45. The van der Waals surface area contributed by atoms with E-state index in [0.29, 0.717) is 17.9 Å². The lowest BCUT2D eigenvalue weighted by Crippen LogP contribution is -2.11. The van der Waals surface area contributed by atoms with Crippen LogP contribution in [0.5, 0.6) is 11.5 Å². The molecule has 23 heavy (non-hydrogen) atoms. The molecule has 6 heteroatoms. The van der Waals surface area contributed by atoms with Crippen molar-refractivity contribution in [1.29, 1.82) is 0 Å². The number of hydrogen-bond donors (Lipinski definition) is 2. The van der Waals surface area contributed by atoms with Gasteiger partial charge in [0.25, 0.3) is 0 Å². The summed E-state index contributed by atoms with van der Waals surface area (Å²) in [6.07, 6.45) is 4.07. The molecular weight excluding hydrogens is 294 g/mol. The van der Waals surface area contributed by atoms with Gasteiger partial charge >= 0.3 is 0 Å². The Kier molecular flexibility index (Phi) is 4.61. The summed E-state index contributed by atoms with van der Waals surface area (Å²) < 4.78 is 10.6. The largest absolute Gasteiger partial charge is 0.454 e. The molecule has 1 aliphatic rings. The molecule has 0 saturated heterocycles. The standard InChI is InChI=1S/C17H19N3O3/c1-2-3-4-17(21)20-13-6-8-16(18-10-13)19-12-5-7-14-15(9-12)23-11-22-14/h5-10H,2-4,11H2,1H3,(H,18,19)(H,20,21). The third kappa shape index (κ3) is 3.91. The molecule has 120 valence electrons. The minimum Gasteiger partial charge on any atom is -0.454 e. The normalized spacial score (nSPS) is 12.0. The Morgan fingerprint density at radius 2 is 2.00 bits per heavy atom. The van der Waals surface area contributed by atoms with Gasteiger partial charge in [0.05, 0.1) is 11.9 Å². The van der Waals surface area contributed by atoms with Crippen LogP contribution in [0, 0.1) is 0 Å².